The van der Waals surface area contributed by atoms with Crippen LogP contribution in [0.25, 0.3) is 0 Å². The molecule has 3 heteroatoms. The largest absolute Gasteiger partial charge is 0.469 e. The molecule has 2 aromatic heterocycles. The number of rotatable bonds is 4. The van der Waals surface area contributed by atoms with Gasteiger partial charge < -0.3 is 10.2 Å². The molecule has 16 heavy (non-hydrogen) atoms. The van der Waals surface area contributed by atoms with Gasteiger partial charge in [-0.05, 0) is 30.2 Å². The van der Waals surface area contributed by atoms with Crippen LogP contribution >= 0.6 is 0 Å². The number of nitrogens with zero attached hydrogens (tertiary/aromatic N) is 1. The van der Waals surface area contributed by atoms with Crippen LogP contribution in [-0.4, -0.2) is 4.98 Å². The topological polar surface area (TPSA) is 52.0 Å². The number of nitrogens with two attached hydrogens (primary N) is 1. The molecule has 2 heterocycles. The highest BCUT2D eigenvalue weighted by Gasteiger charge is 2.13. The van der Waals surface area contributed by atoms with E-state index in [1.807, 2.05) is 18.2 Å². The Morgan fingerprint density at radius 2 is 2.25 bits per heavy atom. The molecule has 0 bridgehead atoms. The zero-order valence-electron chi connectivity index (χ0n) is 9.39. The van der Waals surface area contributed by atoms with Crippen molar-refractivity contribution in [2.75, 3.05) is 0 Å². The zero-order chi connectivity index (χ0) is 11.4. The number of furan rings is 1. The van der Waals surface area contributed by atoms with Crippen LogP contribution in [0.1, 0.15) is 30.0 Å². The summed E-state index contributed by atoms with van der Waals surface area (Å²) in [4.78, 5) is 4.36. The van der Waals surface area contributed by atoms with Crippen LogP contribution in [0.2, 0.25) is 0 Å². The van der Waals surface area contributed by atoms with E-state index in [1.54, 1.807) is 12.5 Å². The second kappa shape index (κ2) is 4.94. The van der Waals surface area contributed by atoms with Crippen LogP contribution in [0.3, 0.4) is 0 Å². The zero-order valence-corrected chi connectivity index (χ0v) is 9.39. The van der Waals surface area contributed by atoms with Gasteiger partial charge in [0.05, 0.1) is 18.0 Å². The molecule has 0 radical (unpaired) electrons. The summed E-state index contributed by atoms with van der Waals surface area (Å²) in [5.74, 6) is 0.903. The Bertz CT molecular complexity index is 437. The third-order valence-electron chi connectivity index (χ3n) is 2.66. The van der Waals surface area contributed by atoms with Gasteiger partial charge in [0, 0.05) is 12.6 Å². The van der Waals surface area contributed by atoms with E-state index >= 15 is 0 Å². The highest BCUT2D eigenvalue weighted by atomic mass is 16.3. The first-order valence-corrected chi connectivity index (χ1v) is 5.53. The molecule has 0 aliphatic carbocycles. The smallest absolute Gasteiger partial charge is 0.105 e. The quantitative estimate of drug-likeness (QED) is 0.854. The predicted octanol–water partition coefficient (Wildman–Crippen LogP) is 2.48. The average Bonchev–Trinajstić information content (AvgIpc) is 2.81. The van der Waals surface area contributed by atoms with Crippen molar-refractivity contribution in [3.63, 3.8) is 0 Å². The Kier molecular flexibility index (Phi) is 3.37. The molecule has 0 amide bonds. The summed E-state index contributed by atoms with van der Waals surface area (Å²) < 4.78 is 5.29. The normalized spacial score (nSPS) is 12.6. The molecular weight excluding hydrogens is 200 g/mol. The van der Waals surface area contributed by atoms with E-state index in [9.17, 15) is 0 Å². The number of hydrogen-bond acceptors (Lipinski definition) is 3. The number of pyridine rings is 1. The molecule has 2 rings (SSSR count). The Morgan fingerprint density at radius 3 is 2.94 bits per heavy atom. The Balaban J connectivity index is 2.17. The molecule has 0 saturated heterocycles. The van der Waals surface area contributed by atoms with Crippen molar-refractivity contribution in [1.29, 1.82) is 0 Å². The number of aryl methyl sites for hydroxylation is 1. The van der Waals surface area contributed by atoms with Crippen molar-refractivity contribution in [3.8, 4) is 0 Å². The lowest BCUT2D eigenvalue weighted by molar-refractivity contribution is 0.485. The Labute approximate surface area is 95.3 Å². The molecule has 2 aromatic rings. The second-order valence-corrected chi connectivity index (χ2v) is 3.79. The number of aromatic nitrogens is 1. The third kappa shape index (κ3) is 2.31. The van der Waals surface area contributed by atoms with E-state index < -0.39 is 0 Å². The summed E-state index contributed by atoms with van der Waals surface area (Å²) in [7, 11) is 0. The number of hydrogen-bond donors (Lipinski definition) is 1. The van der Waals surface area contributed by atoms with Gasteiger partial charge >= 0.3 is 0 Å². The van der Waals surface area contributed by atoms with Gasteiger partial charge in [-0.3, -0.25) is 4.98 Å². The maximum Gasteiger partial charge on any atom is 0.105 e. The molecule has 0 spiro atoms. The van der Waals surface area contributed by atoms with E-state index in [0.29, 0.717) is 6.42 Å². The predicted molar refractivity (Wildman–Crippen MR) is 63.0 cm³/mol. The molecule has 3 nitrogen and oxygen atoms in total. The summed E-state index contributed by atoms with van der Waals surface area (Å²) >= 11 is 0. The lowest BCUT2D eigenvalue weighted by Crippen LogP contribution is -2.16. The summed E-state index contributed by atoms with van der Waals surface area (Å²) in [6.07, 6.45) is 5.10. The van der Waals surface area contributed by atoms with Gasteiger partial charge in [0.2, 0.25) is 0 Å². The average molecular weight is 216 g/mol. The van der Waals surface area contributed by atoms with Crippen molar-refractivity contribution in [2.45, 2.75) is 25.8 Å². The molecular formula is C13H16N2O. The maximum absolute atomic E-state index is 6.14. The Morgan fingerprint density at radius 1 is 1.38 bits per heavy atom. The lowest BCUT2D eigenvalue weighted by atomic mass is 10.0. The summed E-state index contributed by atoms with van der Waals surface area (Å²) in [5, 5.41) is 0. The molecule has 1 atom stereocenters. The van der Waals surface area contributed by atoms with Crippen LogP contribution in [0.4, 0.5) is 0 Å². The highest BCUT2D eigenvalue weighted by Crippen LogP contribution is 2.18. The van der Waals surface area contributed by atoms with Crippen molar-refractivity contribution in [1.82, 2.24) is 4.98 Å². The second-order valence-electron chi connectivity index (χ2n) is 3.79. The van der Waals surface area contributed by atoms with Crippen molar-refractivity contribution < 1.29 is 4.42 Å². The van der Waals surface area contributed by atoms with E-state index in [1.165, 1.54) is 5.56 Å². The molecule has 0 saturated carbocycles. The minimum Gasteiger partial charge on any atom is -0.469 e. The van der Waals surface area contributed by atoms with E-state index in [4.69, 9.17) is 10.2 Å². The standard InChI is InChI=1S/C13H16N2O/c1-2-10-5-3-7-15-13(10)12(14)9-11-6-4-8-16-11/h3-8,12H,2,9,14H2,1H3. The highest BCUT2D eigenvalue weighted by molar-refractivity contribution is 5.23. The van der Waals surface area contributed by atoms with E-state index in [0.717, 1.165) is 17.9 Å². The maximum atomic E-state index is 6.14. The molecule has 0 aliphatic heterocycles. The van der Waals surface area contributed by atoms with Crippen molar-refractivity contribution >= 4 is 0 Å². The SMILES string of the molecule is CCc1cccnc1C(N)Cc1ccco1. The minimum absolute atomic E-state index is 0.0951. The van der Waals surface area contributed by atoms with Crippen LogP contribution in [0.5, 0.6) is 0 Å². The van der Waals surface area contributed by atoms with E-state index in [-0.39, 0.29) is 6.04 Å². The monoisotopic (exact) mass is 216 g/mol. The third-order valence-corrected chi connectivity index (χ3v) is 2.66. The first-order valence-electron chi connectivity index (χ1n) is 5.53. The van der Waals surface area contributed by atoms with Gasteiger partial charge in [-0.15, -0.1) is 0 Å². The van der Waals surface area contributed by atoms with Crippen molar-refractivity contribution in [2.24, 2.45) is 5.73 Å². The first-order chi connectivity index (χ1) is 7.81. The van der Waals surface area contributed by atoms with Gasteiger partial charge in [0.1, 0.15) is 5.76 Å². The molecule has 1 unspecified atom stereocenters. The van der Waals surface area contributed by atoms with Crippen LogP contribution < -0.4 is 5.73 Å². The fraction of sp³-hybridized carbons (Fsp3) is 0.308. The molecule has 0 aromatic carbocycles. The van der Waals surface area contributed by atoms with Crippen molar-refractivity contribution in [3.05, 3.63) is 53.7 Å². The molecule has 0 fully saturated rings. The molecule has 0 aliphatic rings. The van der Waals surface area contributed by atoms with Gasteiger partial charge in [-0.2, -0.15) is 0 Å². The van der Waals surface area contributed by atoms with Crippen LogP contribution in [0, 0.1) is 0 Å². The fourth-order valence-electron chi connectivity index (χ4n) is 1.83. The molecule has 84 valence electrons. The van der Waals surface area contributed by atoms with Gasteiger partial charge in [0.15, 0.2) is 0 Å². The lowest BCUT2D eigenvalue weighted by Gasteiger charge is -2.13. The van der Waals surface area contributed by atoms with Gasteiger partial charge in [-0.1, -0.05) is 13.0 Å². The molecule has 2 N–H and O–H groups in total. The summed E-state index contributed by atoms with van der Waals surface area (Å²) in [6.45, 7) is 2.11. The van der Waals surface area contributed by atoms with Gasteiger partial charge in [0.25, 0.3) is 0 Å². The summed E-state index contributed by atoms with van der Waals surface area (Å²) in [5.41, 5.74) is 8.32. The van der Waals surface area contributed by atoms with E-state index in [2.05, 4.69) is 18.0 Å². The first kappa shape index (κ1) is 10.9. The Hall–Kier alpha value is -1.61. The fourth-order valence-corrected chi connectivity index (χ4v) is 1.83. The van der Waals surface area contributed by atoms with Crippen LogP contribution in [-0.2, 0) is 12.8 Å². The minimum atomic E-state index is -0.0951. The van der Waals surface area contributed by atoms with Crippen LogP contribution in [0.15, 0.2) is 41.1 Å². The van der Waals surface area contributed by atoms with Gasteiger partial charge in [-0.25, -0.2) is 0 Å². The summed E-state index contributed by atoms with van der Waals surface area (Å²) in [6, 6.07) is 7.74.